The van der Waals surface area contributed by atoms with E-state index in [1.54, 1.807) is 24.3 Å². The first-order valence-electron chi connectivity index (χ1n) is 7.09. The molecule has 6 heteroatoms. The van der Waals surface area contributed by atoms with Crippen molar-refractivity contribution in [3.05, 3.63) is 29.8 Å². The van der Waals surface area contributed by atoms with E-state index in [9.17, 15) is 8.42 Å². The molecule has 5 nitrogen and oxygen atoms in total. The van der Waals surface area contributed by atoms with Crippen LogP contribution in [0.1, 0.15) is 25.3 Å². The summed E-state index contributed by atoms with van der Waals surface area (Å²) in [6.07, 6.45) is 1.92. The molecule has 112 valence electrons. The molecule has 3 N–H and O–H groups in total. The first-order chi connectivity index (χ1) is 9.56. The van der Waals surface area contributed by atoms with Crippen molar-refractivity contribution in [1.29, 1.82) is 0 Å². The molecule has 1 heterocycles. The molecule has 0 amide bonds. The smallest absolute Gasteiger partial charge is 0.241 e. The SMILES string of the molecule is CCN1CCCC(NS(=O)(=O)c2ccccc2CN)C1. The van der Waals surface area contributed by atoms with Gasteiger partial charge in [-0.05, 0) is 37.6 Å². The number of likely N-dealkylation sites (tertiary alicyclic amines) is 1. The lowest BCUT2D eigenvalue weighted by atomic mass is 10.1. The van der Waals surface area contributed by atoms with Gasteiger partial charge >= 0.3 is 0 Å². The Morgan fingerprint density at radius 3 is 2.85 bits per heavy atom. The highest BCUT2D eigenvalue weighted by Gasteiger charge is 2.25. The van der Waals surface area contributed by atoms with Gasteiger partial charge in [-0.25, -0.2) is 13.1 Å². The van der Waals surface area contributed by atoms with E-state index >= 15 is 0 Å². The van der Waals surface area contributed by atoms with E-state index in [-0.39, 0.29) is 12.6 Å². The van der Waals surface area contributed by atoms with Crippen LogP contribution in [-0.2, 0) is 16.6 Å². The molecule has 1 unspecified atom stereocenters. The van der Waals surface area contributed by atoms with Gasteiger partial charge in [0.25, 0.3) is 0 Å². The van der Waals surface area contributed by atoms with Crippen molar-refractivity contribution in [3.8, 4) is 0 Å². The lowest BCUT2D eigenvalue weighted by Crippen LogP contribution is -2.47. The Kier molecular flexibility index (Phi) is 5.15. The summed E-state index contributed by atoms with van der Waals surface area (Å²) in [5, 5.41) is 0. The zero-order valence-electron chi connectivity index (χ0n) is 11.9. The standard InChI is InChI=1S/C14H23N3O2S/c1-2-17-9-5-7-13(11-17)16-20(18,19)14-8-4-3-6-12(14)10-15/h3-4,6,8,13,16H,2,5,7,9-11,15H2,1H3. The van der Waals surface area contributed by atoms with Gasteiger partial charge < -0.3 is 10.6 Å². The highest BCUT2D eigenvalue weighted by atomic mass is 32.2. The third kappa shape index (κ3) is 3.58. The normalized spacial score (nSPS) is 21.0. The molecule has 1 fully saturated rings. The van der Waals surface area contributed by atoms with Crippen LogP contribution in [0, 0.1) is 0 Å². The first-order valence-corrected chi connectivity index (χ1v) is 8.57. The monoisotopic (exact) mass is 297 g/mol. The molecule has 0 aromatic heterocycles. The Morgan fingerprint density at radius 1 is 1.40 bits per heavy atom. The number of benzene rings is 1. The summed E-state index contributed by atoms with van der Waals surface area (Å²) < 4.78 is 27.8. The van der Waals surface area contributed by atoms with Gasteiger partial charge in [-0.1, -0.05) is 25.1 Å². The quantitative estimate of drug-likeness (QED) is 0.847. The summed E-state index contributed by atoms with van der Waals surface area (Å²) in [6, 6.07) is 6.89. The van der Waals surface area contributed by atoms with Crippen LogP contribution in [0.3, 0.4) is 0 Å². The van der Waals surface area contributed by atoms with E-state index in [4.69, 9.17) is 5.73 Å². The van der Waals surface area contributed by atoms with Gasteiger partial charge in [-0.15, -0.1) is 0 Å². The zero-order chi connectivity index (χ0) is 14.6. The van der Waals surface area contributed by atoms with Crippen molar-refractivity contribution in [2.75, 3.05) is 19.6 Å². The maximum absolute atomic E-state index is 12.5. The number of likely N-dealkylation sites (N-methyl/N-ethyl adjacent to an activating group) is 1. The fraction of sp³-hybridized carbons (Fsp3) is 0.571. The lowest BCUT2D eigenvalue weighted by Gasteiger charge is -2.32. The summed E-state index contributed by atoms with van der Waals surface area (Å²) in [6.45, 7) is 5.11. The maximum atomic E-state index is 12.5. The number of sulfonamides is 1. The van der Waals surface area contributed by atoms with E-state index < -0.39 is 10.0 Å². The van der Waals surface area contributed by atoms with Crippen LogP contribution in [0.4, 0.5) is 0 Å². The molecule has 1 saturated heterocycles. The summed E-state index contributed by atoms with van der Waals surface area (Å²) in [5.41, 5.74) is 6.28. The molecular weight excluding hydrogens is 274 g/mol. The maximum Gasteiger partial charge on any atom is 0.241 e. The van der Waals surface area contributed by atoms with E-state index in [1.165, 1.54) is 0 Å². The summed E-state index contributed by atoms with van der Waals surface area (Å²) in [4.78, 5) is 2.57. The largest absolute Gasteiger partial charge is 0.326 e. The molecule has 0 aliphatic carbocycles. The Morgan fingerprint density at radius 2 is 2.15 bits per heavy atom. The summed E-state index contributed by atoms with van der Waals surface area (Å²) in [7, 11) is -3.49. The highest BCUT2D eigenvalue weighted by Crippen LogP contribution is 2.17. The first kappa shape index (κ1) is 15.4. The highest BCUT2D eigenvalue weighted by molar-refractivity contribution is 7.89. The van der Waals surface area contributed by atoms with Gasteiger partial charge in [0.05, 0.1) is 4.90 Å². The lowest BCUT2D eigenvalue weighted by molar-refractivity contribution is 0.211. The average molecular weight is 297 g/mol. The van der Waals surface area contributed by atoms with Crippen LogP contribution in [-0.4, -0.2) is 39.0 Å². The van der Waals surface area contributed by atoms with Gasteiger partial charge in [0, 0.05) is 19.1 Å². The predicted octanol–water partition coefficient (Wildman–Crippen LogP) is 0.908. The van der Waals surface area contributed by atoms with Crippen LogP contribution in [0.15, 0.2) is 29.2 Å². The summed E-state index contributed by atoms with van der Waals surface area (Å²) >= 11 is 0. The molecule has 1 aromatic carbocycles. The van der Waals surface area contributed by atoms with Gasteiger partial charge in [0.2, 0.25) is 10.0 Å². The molecule has 1 aromatic rings. The number of hydrogen-bond acceptors (Lipinski definition) is 4. The fourth-order valence-corrected chi connectivity index (χ4v) is 4.17. The Labute approximate surface area is 121 Å². The Bertz CT molecular complexity index is 545. The molecule has 1 aliphatic heterocycles. The minimum Gasteiger partial charge on any atom is -0.326 e. The minimum absolute atomic E-state index is 0.0143. The number of piperidine rings is 1. The molecular formula is C14H23N3O2S. The second kappa shape index (κ2) is 6.67. The molecule has 0 bridgehead atoms. The van der Waals surface area contributed by atoms with Crippen LogP contribution < -0.4 is 10.5 Å². The fourth-order valence-electron chi connectivity index (χ4n) is 2.66. The number of hydrogen-bond donors (Lipinski definition) is 2. The van der Waals surface area contributed by atoms with E-state index in [1.807, 2.05) is 0 Å². The molecule has 1 aliphatic rings. The van der Waals surface area contributed by atoms with Crippen LogP contribution in [0.5, 0.6) is 0 Å². The predicted molar refractivity (Wildman–Crippen MR) is 79.8 cm³/mol. The summed E-state index contributed by atoms with van der Waals surface area (Å²) in [5.74, 6) is 0. The minimum atomic E-state index is -3.49. The third-order valence-corrected chi connectivity index (χ3v) is 5.38. The van der Waals surface area contributed by atoms with E-state index in [0.29, 0.717) is 10.5 Å². The van der Waals surface area contributed by atoms with Crippen molar-refractivity contribution in [3.63, 3.8) is 0 Å². The van der Waals surface area contributed by atoms with E-state index in [0.717, 1.165) is 32.5 Å². The third-order valence-electron chi connectivity index (χ3n) is 3.76. The number of nitrogens with one attached hydrogen (secondary N) is 1. The van der Waals surface area contributed by atoms with Crippen molar-refractivity contribution in [1.82, 2.24) is 9.62 Å². The second-order valence-electron chi connectivity index (χ2n) is 5.17. The Hall–Kier alpha value is -0.950. The van der Waals surface area contributed by atoms with E-state index in [2.05, 4.69) is 16.5 Å². The Balaban J connectivity index is 2.14. The molecule has 1 atom stereocenters. The van der Waals surface area contributed by atoms with Crippen LogP contribution >= 0.6 is 0 Å². The number of nitrogens with zero attached hydrogens (tertiary/aromatic N) is 1. The van der Waals surface area contributed by atoms with Gasteiger partial charge in [-0.2, -0.15) is 0 Å². The average Bonchev–Trinajstić information content (AvgIpc) is 2.47. The topological polar surface area (TPSA) is 75.4 Å². The molecule has 0 spiro atoms. The number of rotatable bonds is 5. The van der Waals surface area contributed by atoms with Crippen molar-refractivity contribution < 1.29 is 8.42 Å². The molecule has 2 rings (SSSR count). The zero-order valence-corrected chi connectivity index (χ0v) is 12.7. The second-order valence-corrected chi connectivity index (χ2v) is 6.85. The van der Waals surface area contributed by atoms with Crippen LogP contribution in [0.25, 0.3) is 0 Å². The van der Waals surface area contributed by atoms with Crippen LogP contribution in [0.2, 0.25) is 0 Å². The van der Waals surface area contributed by atoms with Crippen molar-refractivity contribution >= 4 is 10.0 Å². The molecule has 0 saturated carbocycles. The van der Waals surface area contributed by atoms with Crippen molar-refractivity contribution in [2.45, 2.75) is 37.2 Å². The molecule has 20 heavy (non-hydrogen) atoms. The van der Waals surface area contributed by atoms with Gasteiger partial charge in [-0.3, -0.25) is 0 Å². The number of nitrogens with two attached hydrogens (primary N) is 1. The van der Waals surface area contributed by atoms with Gasteiger partial charge in [0.15, 0.2) is 0 Å². The molecule has 0 radical (unpaired) electrons. The van der Waals surface area contributed by atoms with Gasteiger partial charge in [0.1, 0.15) is 0 Å². The van der Waals surface area contributed by atoms with Crippen molar-refractivity contribution in [2.24, 2.45) is 5.73 Å².